The van der Waals surface area contributed by atoms with E-state index in [1.54, 1.807) is 4.90 Å². The summed E-state index contributed by atoms with van der Waals surface area (Å²) in [6.07, 6.45) is 2.11. The molecule has 1 aliphatic heterocycles. The Bertz CT molecular complexity index is 477. The summed E-state index contributed by atoms with van der Waals surface area (Å²) in [5, 5.41) is 16.1. The van der Waals surface area contributed by atoms with Gasteiger partial charge in [0, 0.05) is 38.8 Å². The van der Waals surface area contributed by atoms with Gasteiger partial charge in [-0.2, -0.15) is 5.10 Å². The Kier molecular flexibility index (Phi) is 5.61. The van der Waals surface area contributed by atoms with E-state index in [9.17, 15) is 9.90 Å². The van der Waals surface area contributed by atoms with E-state index < -0.39 is 0 Å². The first-order valence-electron chi connectivity index (χ1n) is 7.36. The fourth-order valence-corrected chi connectivity index (χ4v) is 2.96. The Morgan fingerprint density at radius 2 is 2.33 bits per heavy atom. The molecule has 0 aromatic carbocycles. The van der Waals surface area contributed by atoms with Crippen LogP contribution >= 0.6 is 11.6 Å². The van der Waals surface area contributed by atoms with Crippen LogP contribution in [0.3, 0.4) is 0 Å². The molecule has 1 fully saturated rings. The molecule has 2 heterocycles. The first-order valence-corrected chi connectivity index (χ1v) is 7.73. The van der Waals surface area contributed by atoms with Gasteiger partial charge in [0.05, 0.1) is 11.2 Å². The van der Waals surface area contributed by atoms with Gasteiger partial charge < -0.3 is 10.0 Å². The molecule has 1 amide bonds. The highest BCUT2D eigenvalue weighted by Crippen LogP contribution is 2.19. The summed E-state index contributed by atoms with van der Waals surface area (Å²) >= 11 is 5.96. The van der Waals surface area contributed by atoms with Crippen LogP contribution in [0.1, 0.15) is 30.8 Å². The molecule has 2 N–H and O–H groups in total. The number of hydrogen-bond donors (Lipinski definition) is 2. The standard InChI is InChI=1S/C14H23ClN4O2/c1-10(2)8-18-4-5-19(9-11(18)3-6-20)14(21)13-12(15)7-16-17-13/h7,10-11,20H,3-6,8-9H2,1-2H3,(H,16,17). The lowest BCUT2D eigenvalue weighted by Crippen LogP contribution is -2.55. The van der Waals surface area contributed by atoms with Crippen molar-refractivity contribution in [1.29, 1.82) is 0 Å². The smallest absolute Gasteiger partial charge is 0.273 e. The molecule has 0 aliphatic carbocycles. The number of piperazine rings is 1. The molecule has 21 heavy (non-hydrogen) atoms. The number of H-pyrrole nitrogens is 1. The highest BCUT2D eigenvalue weighted by Gasteiger charge is 2.31. The van der Waals surface area contributed by atoms with Crippen molar-refractivity contribution in [3.63, 3.8) is 0 Å². The lowest BCUT2D eigenvalue weighted by Gasteiger charge is -2.42. The highest BCUT2D eigenvalue weighted by atomic mass is 35.5. The largest absolute Gasteiger partial charge is 0.396 e. The minimum Gasteiger partial charge on any atom is -0.396 e. The van der Waals surface area contributed by atoms with Gasteiger partial charge in [-0.25, -0.2) is 0 Å². The second-order valence-corrected chi connectivity index (χ2v) is 6.31. The van der Waals surface area contributed by atoms with E-state index in [1.165, 1.54) is 6.20 Å². The summed E-state index contributed by atoms with van der Waals surface area (Å²) < 4.78 is 0. The predicted octanol–water partition coefficient (Wildman–Crippen LogP) is 1.23. The number of rotatable bonds is 5. The third-order valence-corrected chi connectivity index (χ3v) is 4.05. The molecule has 1 aliphatic rings. The van der Waals surface area contributed by atoms with Crippen molar-refractivity contribution in [1.82, 2.24) is 20.0 Å². The number of carbonyl (C=O) groups is 1. The number of nitrogens with one attached hydrogen (secondary N) is 1. The number of halogens is 1. The van der Waals surface area contributed by atoms with Gasteiger partial charge in [-0.3, -0.25) is 14.8 Å². The molecule has 0 radical (unpaired) electrons. The van der Waals surface area contributed by atoms with Gasteiger partial charge >= 0.3 is 0 Å². The van der Waals surface area contributed by atoms with E-state index in [0.29, 0.717) is 36.1 Å². The first-order chi connectivity index (χ1) is 10.0. The van der Waals surface area contributed by atoms with Gasteiger partial charge in [0.2, 0.25) is 0 Å². The fraction of sp³-hybridized carbons (Fsp3) is 0.714. The van der Waals surface area contributed by atoms with Crippen LogP contribution in [0.25, 0.3) is 0 Å². The summed E-state index contributed by atoms with van der Waals surface area (Å²) in [4.78, 5) is 16.6. The normalized spacial score (nSPS) is 20.2. The van der Waals surface area contributed by atoms with Gasteiger partial charge in [0.15, 0.2) is 0 Å². The Morgan fingerprint density at radius 3 is 2.90 bits per heavy atom. The zero-order valence-electron chi connectivity index (χ0n) is 12.5. The summed E-state index contributed by atoms with van der Waals surface area (Å²) in [6, 6.07) is 0.191. The Labute approximate surface area is 130 Å². The lowest BCUT2D eigenvalue weighted by atomic mass is 10.1. The molecule has 1 aromatic heterocycles. The summed E-state index contributed by atoms with van der Waals surface area (Å²) in [6.45, 7) is 7.57. The Hall–Kier alpha value is -1.11. The van der Waals surface area contributed by atoms with Crippen molar-refractivity contribution in [3.05, 3.63) is 16.9 Å². The first kappa shape index (κ1) is 16.3. The summed E-state index contributed by atoms with van der Waals surface area (Å²) in [7, 11) is 0. The number of aromatic amines is 1. The second-order valence-electron chi connectivity index (χ2n) is 5.90. The van der Waals surface area contributed by atoms with Crippen LogP contribution in [0.2, 0.25) is 5.02 Å². The van der Waals surface area contributed by atoms with Crippen molar-refractivity contribution in [2.24, 2.45) is 5.92 Å². The van der Waals surface area contributed by atoms with Gasteiger partial charge in [0.25, 0.3) is 5.91 Å². The van der Waals surface area contributed by atoms with Crippen LogP contribution in [-0.4, -0.2) is 69.8 Å². The summed E-state index contributed by atoms with van der Waals surface area (Å²) in [5.74, 6) is 0.445. The number of nitrogens with zero attached hydrogens (tertiary/aromatic N) is 3. The van der Waals surface area contributed by atoms with Gasteiger partial charge in [0.1, 0.15) is 5.69 Å². The zero-order valence-corrected chi connectivity index (χ0v) is 13.3. The maximum atomic E-state index is 12.4. The predicted molar refractivity (Wildman–Crippen MR) is 81.4 cm³/mol. The topological polar surface area (TPSA) is 72.5 Å². The Morgan fingerprint density at radius 1 is 1.57 bits per heavy atom. The van der Waals surface area contributed by atoms with Crippen LogP contribution in [0.5, 0.6) is 0 Å². The molecule has 6 nitrogen and oxygen atoms in total. The highest BCUT2D eigenvalue weighted by molar-refractivity contribution is 6.33. The molecule has 0 saturated carbocycles. The second kappa shape index (κ2) is 7.24. The maximum absolute atomic E-state index is 12.4. The Balaban J connectivity index is 2.04. The number of aliphatic hydroxyl groups is 1. The van der Waals surface area contributed by atoms with E-state index in [4.69, 9.17) is 11.6 Å². The third-order valence-electron chi connectivity index (χ3n) is 3.76. The lowest BCUT2D eigenvalue weighted by molar-refractivity contribution is 0.0380. The quantitative estimate of drug-likeness (QED) is 0.857. The van der Waals surface area contributed by atoms with Crippen molar-refractivity contribution in [2.45, 2.75) is 26.3 Å². The van der Waals surface area contributed by atoms with Crippen LogP contribution < -0.4 is 0 Å². The molecular weight excluding hydrogens is 292 g/mol. The van der Waals surface area contributed by atoms with Gasteiger partial charge in [-0.15, -0.1) is 0 Å². The number of amides is 1. The third kappa shape index (κ3) is 3.96. The van der Waals surface area contributed by atoms with Crippen molar-refractivity contribution in [3.8, 4) is 0 Å². The minimum absolute atomic E-state index is 0.121. The molecular formula is C14H23ClN4O2. The molecule has 7 heteroatoms. The molecule has 1 aromatic rings. The monoisotopic (exact) mass is 314 g/mol. The number of hydrogen-bond acceptors (Lipinski definition) is 4. The average molecular weight is 315 g/mol. The fourth-order valence-electron chi connectivity index (χ4n) is 2.79. The van der Waals surface area contributed by atoms with E-state index in [1.807, 2.05) is 0 Å². The SMILES string of the molecule is CC(C)CN1CCN(C(=O)c2[nH]ncc2Cl)CC1CCO. The molecule has 1 atom stereocenters. The van der Waals surface area contributed by atoms with Crippen LogP contribution in [0, 0.1) is 5.92 Å². The number of aliphatic hydroxyl groups excluding tert-OH is 1. The van der Waals surface area contributed by atoms with Crippen molar-refractivity contribution in [2.75, 3.05) is 32.8 Å². The number of aromatic nitrogens is 2. The van der Waals surface area contributed by atoms with Crippen LogP contribution in [0.4, 0.5) is 0 Å². The van der Waals surface area contributed by atoms with Crippen LogP contribution in [-0.2, 0) is 0 Å². The van der Waals surface area contributed by atoms with Gasteiger partial charge in [-0.1, -0.05) is 25.4 Å². The maximum Gasteiger partial charge on any atom is 0.273 e. The molecule has 118 valence electrons. The zero-order chi connectivity index (χ0) is 15.4. The van der Waals surface area contributed by atoms with Gasteiger partial charge in [-0.05, 0) is 12.3 Å². The molecule has 0 spiro atoms. The van der Waals surface area contributed by atoms with E-state index in [0.717, 1.165) is 13.1 Å². The van der Waals surface area contributed by atoms with Crippen LogP contribution in [0.15, 0.2) is 6.20 Å². The molecule has 1 saturated heterocycles. The molecule has 2 rings (SSSR count). The minimum atomic E-state index is -0.121. The molecule has 1 unspecified atom stereocenters. The van der Waals surface area contributed by atoms with Crippen molar-refractivity contribution >= 4 is 17.5 Å². The van der Waals surface area contributed by atoms with E-state index in [-0.39, 0.29) is 18.6 Å². The summed E-state index contributed by atoms with van der Waals surface area (Å²) in [5.41, 5.74) is 0.344. The number of carbonyl (C=O) groups excluding carboxylic acids is 1. The average Bonchev–Trinajstić information content (AvgIpc) is 2.86. The van der Waals surface area contributed by atoms with E-state index in [2.05, 4.69) is 28.9 Å². The molecule has 0 bridgehead atoms. The van der Waals surface area contributed by atoms with E-state index >= 15 is 0 Å². The van der Waals surface area contributed by atoms with Crippen molar-refractivity contribution < 1.29 is 9.90 Å².